The summed E-state index contributed by atoms with van der Waals surface area (Å²) in [6.45, 7) is 0.770. The molecule has 1 aliphatic rings. The number of rotatable bonds is 5. The highest BCUT2D eigenvalue weighted by Gasteiger charge is 2.20. The van der Waals surface area contributed by atoms with E-state index in [-0.39, 0.29) is 11.8 Å². The molecule has 0 radical (unpaired) electrons. The van der Waals surface area contributed by atoms with Crippen LogP contribution in [0.3, 0.4) is 0 Å². The summed E-state index contributed by atoms with van der Waals surface area (Å²) in [5.74, 6) is 0.172. The van der Waals surface area contributed by atoms with Crippen LogP contribution in [0.4, 0.5) is 0 Å². The fraction of sp³-hybridized carbons (Fsp3) is 0.667. The van der Waals surface area contributed by atoms with Crippen molar-refractivity contribution in [1.29, 1.82) is 5.26 Å². The van der Waals surface area contributed by atoms with Crippen molar-refractivity contribution < 1.29 is 8.42 Å². The van der Waals surface area contributed by atoms with Crippen molar-refractivity contribution in [1.82, 2.24) is 5.32 Å². The largest absolute Gasteiger partial charge is 0.310 e. The zero-order chi connectivity index (χ0) is 10.4. The number of hydrogen-bond acceptors (Lipinski definition) is 4. The third kappa shape index (κ3) is 3.90. The summed E-state index contributed by atoms with van der Waals surface area (Å²) in [5, 5.41) is 12.7. The van der Waals surface area contributed by atoms with E-state index in [1.165, 1.54) is 5.41 Å². The van der Waals surface area contributed by atoms with E-state index in [9.17, 15) is 8.42 Å². The fourth-order valence-electron chi connectivity index (χ4n) is 1.32. The molecule has 1 heterocycles. The minimum Gasteiger partial charge on any atom is -0.310 e. The van der Waals surface area contributed by atoms with Gasteiger partial charge in [-0.1, -0.05) is 6.08 Å². The van der Waals surface area contributed by atoms with E-state index in [0.717, 1.165) is 19.4 Å². The van der Waals surface area contributed by atoms with Gasteiger partial charge in [0.1, 0.15) is 0 Å². The predicted molar refractivity (Wildman–Crippen MR) is 54.2 cm³/mol. The standard InChI is InChI=1S/C9H14N2O2S/c10-5-2-1-3-6-11-9-4-7-14(12,13)8-9/h4,7,9,11H,1-3,6,8H2. The van der Waals surface area contributed by atoms with Crippen LogP contribution in [0, 0.1) is 11.3 Å². The molecule has 0 saturated carbocycles. The van der Waals surface area contributed by atoms with E-state index in [1.807, 2.05) is 0 Å². The first-order chi connectivity index (χ1) is 6.64. The van der Waals surface area contributed by atoms with Gasteiger partial charge in [-0.3, -0.25) is 0 Å². The van der Waals surface area contributed by atoms with Gasteiger partial charge in [0, 0.05) is 17.9 Å². The van der Waals surface area contributed by atoms with Crippen LogP contribution in [0.25, 0.3) is 0 Å². The van der Waals surface area contributed by atoms with Crippen LogP contribution in [0.2, 0.25) is 0 Å². The number of nitrogens with zero attached hydrogens (tertiary/aromatic N) is 1. The normalized spacial score (nSPS) is 23.5. The molecule has 0 aromatic carbocycles. The lowest BCUT2D eigenvalue weighted by Gasteiger charge is -2.08. The quantitative estimate of drug-likeness (QED) is 0.680. The van der Waals surface area contributed by atoms with E-state index in [0.29, 0.717) is 6.42 Å². The highest BCUT2D eigenvalue weighted by molar-refractivity contribution is 7.94. The zero-order valence-corrected chi connectivity index (χ0v) is 8.76. The van der Waals surface area contributed by atoms with Gasteiger partial charge in [-0.05, 0) is 19.4 Å². The Labute approximate surface area is 84.5 Å². The van der Waals surface area contributed by atoms with Gasteiger partial charge in [-0.15, -0.1) is 0 Å². The molecular formula is C9H14N2O2S. The highest BCUT2D eigenvalue weighted by atomic mass is 32.2. The molecule has 0 aromatic rings. The first-order valence-electron chi connectivity index (χ1n) is 4.65. The van der Waals surface area contributed by atoms with Gasteiger partial charge in [0.15, 0.2) is 9.84 Å². The SMILES string of the molecule is N#CCCCCNC1C=CS(=O)(=O)C1. The minimum absolute atomic E-state index is 0.0397. The van der Waals surface area contributed by atoms with Gasteiger partial charge in [0.2, 0.25) is 0 Å². The number of unbranched alkanes of at least 4 members (excludes halogenated alkanes) is 2. The molecule has 4 nitrogen and oxygen atoms in total. The van der Waals surface area contributed by atoms with E-state index in [2.05, 4.69) is 11.4 Å². The number of nitriles is 1. The molecule has 1 rings (SSSR count). The third-order valence-electron chi connectivity index (χ3n) is 2.05. The van der Waals surface area contributed by atoms with Crippen molar-refractivity contribution in [3.05, 3.63) is 11.5 Å². The first-order valence-corrected chi connectivity index (χ1v) is 6.37. The lowest BCUT2D eigenvalue weighted by molar-refractivity contribution is 0.577. The van der Waals surface area contributed by atoms with Gasteiger partial charge in [-0.2, -0.15) is 5.26 Å². The summed E-state index contributed by atoms with van der Waals surface area (Å²) in [6, 6.07) is 2.03. The number of nitrogens with one attached hydrogen (secondary N) is 1. The summed E-state index contributed by atoms with van der Waals surface area (Å²) in [4.78, 5) is 0. The minimum atomic E-state index is -2.94. The lowest BCUT2D eigenvalue weighted by Crippen LogP contribution is -2.30. The van der Waals surface area contributed by atoms with Crippen molar-refractivity contribution in [2.75, 3.05) is 12.3 Å². The van der Waals surface area contributed by atoms with Crippen LogP contribution >= 0.6 is 0 Å². The van der Waals surface area contributed by atoms with Crippen LogP contribution in [-0.2, 0) is 9.84 Å². The molecule has 78 valence electrons. The van der Waals surface area contributed by atoms with Gasteiger partial charge in [0.25, 0.3) is 0 Å². The van der Waals surface area contributed by atoms with E-state index in [4.69, 9.17) is 5.26 Å². The van der Waals surface area contributed by atoms with Gasteiger partial charge >= 0.3 is 0 Å². The molecule has 1 unspecified atom stereocenters. The van der Waals surface area contributed by atoms with Gasteiger partial charge in [-0.25, -0.2) is 8.42 Å². The highest BCUT2D eigenvalue weighted by Crippen LogP contribution is 2.07. The molecule has 1 aliphatic heterocycles. The van der Waals surface area contributed by atoms with Crippen LogP contribution in [0.5, 0.6) is 0 Å². The Hall–Kier alpha value is -0.860. The molecule has 0 aliphatic carbocycles. The smallest absolute Gasteiger partial charge is 0.173 e. The van der Waals surface area contributed by atoms with Crippen molar-refractivity contribution in [2.45, 2.75) is 25.3 Å². The van der Waals surface area contributed by atoms with Crippen molar-refractivity contribution >= 4 is 9.84 Å². The van der Waals surface area contributed by atoms with Crippen molar-refractivity contribution in [2.24, 2.45) is 0 Å². The molecule has 1 atom stereocenters. The second-order valence-electron chi connectivity index (χ2n) is 3.33. The van der Waals surface area contributed by atoms with Crippen molar-refractivity contribution in [3.63, 3.8) is 0 Å². The van der Waals surface area contributed by atoms with E-state index in [1.54, 1.807) is 6.08 Å². The Bertz CT molecular complexity index is 340. The van der Waals surface area contributed by atoms with Crippen LogP contribution in [0.15, 0.2) is 11.5 Å². The van der Waals surface area contributed by atoms with Gasteiger partial charge < -0.3 is 5.32 Å². The second kappa shape index (κ2) is 5.13. The summed E-state index contributed by atoms with van der Waals surface area (Å²) in [6.07, 6.45) is 4.03. The first kappa shape index (κ1) is 11.2. The van der Waals surface area contributed by atoms with Crippen molar-refractivity contribution in [3.8, 4) is 6.07 Å². The molecule has 0 fully saturated rings. The average Bonchev–Trinajstić information content (AvgIpc) is 2.45. The predicted octanol–water partition coefficient (Wildman–Crippen LogP) is 0.581. The molecule has 0 saturated heterocycles. The number of hydrogen-bond donors (Lipinski definition) is 1. The third-order valence-corrected chi connectivity index (χ3v) is 3.45. The molecular weight excluding hydrogens is 200 g/mol. The molecule has 0 spiro atoms. The summed E-state index contributed by atoms with van der Waals surface area (Å²) >= 11 is 0. The summed E-state index contributed by atoms with van der Waals surface area (Å²) < 4.78 is 22.0. The van der Waals surface area contributed by atoms with E-state index >= 15 is 0 Å². The average molecular weight is 214 g/mol. The van der Waals surface area contributed by atoms with Crippen LogP contribution in [-0.4, -0.2) is 26.8 Å². The van der Waals surface area contributed by atoms with Crippen LogP contribution < -0.4 is 5.32 Å². The second-order valence-corrected chi connectivity index (χ2v) is 5.27. The Balaban J connectivity index is 2.11. The maximum absolute atomic E-state index is 11.0. The maximum atomic E-state index is 11.0. The molecule has 14 heavy (non-hydrogen) atoms. The topological polar surface area (TPSA) is 70.0 Å². The fourth-order valence-corrected chi connectivity index (χ4v) is 2.59. The van der Waals surface area contributed by atoms with E-state index < -0.39 is 9.84 Å². The molecule has 1 N–H and O–H groups in total. The zero-order valence-electron chi connectivity index (χ0n) is 7.94. The van der Waals surface area contributed by atoms with Gasteiger partial charge in [0.05, 0.1) is 11.8 Å². The monoisotopic (exact) mass is 214 g/mol. The Morgan fingerprint density at radius 3 is 2.86 bits per heavy atom. The van der Waals surface area contributed by atoms with Crippen LogP contribution in [0.1, 0.15) is 19.3 Å². The Kier molecular flexibility index (Phi) is 4.11. The Morgan fingerprint density at radius 1 is 1.50 bits per heavy atom. The molecule has 0 amide bonds. The summed E-state index contributed by atoms with van der Waals surface area (Å²) in [7, 11) is -2.94. The number of sulfone groups is 1. The molecule has 0 bridgehead atoms. The maximum Gasteiger partial charge on any atom is 0.173 e. The molecule has 5 heteroatoms. The molecule has 0 aromatic heterocycles. The lowest BCUT2D eigenvalue weighted by atomic mass is 10.2. The Morgan fingerprint density at radius 2 is 2.29 bits per heavy atom. The summed E-state index contributed by atoms with van der Waals surface area (Å²) in [5.41, 5.74) is 0.